The molecule has 0 saturated heterocycles. The van der Waals surface area contributed by atoms with Gasteiger partial charge in [0.15, 0.2) is 0 Å². The van der Waals surface area contributed by atoms with Crippen LogP contribution in [0.1, 0.15) is 6.42 Å². The van der Waals surface area contributed by atoms with Crippen molar-refractivity contribution < 1.29 is 4.92 Å². The van der Waals surface area contributed by atoms with Crippen molar-refractivity contribution in [2.24, 2.45) is 0 Å². The molecule has 0 N–H and O–H groups in total. The summed E-state index contributed by atoms with van der Waals surface area (Å²) in [6.07, 6.45) is 7.08. The molecule has 0 aromatic heterocycles. The molecule has 0 spiro atoms. The molecular formula is C7H7NO2S. The Labute approximate surface area is 69.7 Å². The molecule has 0 aliphatic heterocycles. The van der Waals surface area contributed by atoms with Gasteiger partial charge in [0.2, 0.25) is 0 Å². The van der Waals surface area contributed by atoms with Crippen LogP contribution < -0.4 is 0 Å². The van der Waals surface area contributed by atoms with Crippen LogP contribution in [0, 0.1) is 10.1 Å². The second kappa shape index (κ2) is 3.39. The van der Waals surface area contributed by atoms with Crippen LogP contribution in [0.5, 0.6) is 0 Å². The Hall–Kier alpha value is -1.03. The highest BCUT2D eigenvalue weighted by Crippen LogP contribution is 2.14. The van der Waals surface area contributed by atoms with Crippen LogP contribution >= 0.6 is 12.6 Å². The summed E-state index contributed by atoms with van der Waals surface area (Å²) >= 11 is 4.05. The predicted octanol–water partition coefficient (Wildman–Crippen LogP) is 1.92. The van der Waals surface area contributed by atoms with E-state index < -0.39 is 4.92 Å². The van der Waals surface area contributed by atoms with E-state index in [0.29, 0.717) is 11.3 Å². The minimum absolute atomic E-state index is 0.0868. The summed E-state index contributed by atoms with van der Waals surface area (Å²) in [5, 5.41) is 10.3. The molecule has 1 aliphatic carbocycles. The zero-order valence-electron chi connectivity index (χ0n) is 5.73. The SMILES string of the molecule is O=[N+]([O-])C1=CC=CCC(S)=C1. The average Bonchev–Trinajstić information content (AvgIpc) is 2.13. The molecule has 0 bridgehead atoms. The Morgan fingerprint density at radius 2 is 2.36 bits per heavy atom. The van der Waals surface area contributed by atoms with E-state index in [1.807, 2.05) is 6.08 Å². The van der Waals surface area contributed by atoms with Crippen LogP contribution in [0.15, 0.2) is 34.9 Å². The van der Waals surface area contributed by atoms with E-state index >= 15 is 0 Å². The van der Waals surface area contributed by atoms with Crippen molar-refractivity contribution in [3.63, 3.8) is 0 Å². The summed E-state index contributed by atoms with van der Waals surface area (Å²) in [7, 11) is 0. The van der Waals surface area contributed by atoms with Gasteiger partial charge >= 0.3 is 0 Å². The number of rotatable bonds is 1. The summed E-state index contributed by atoms with van der Waals surface area (Å²) in [6, 6.07) is 0. The van der Waals surface area contributed by atoms with Gasteiger partial charge in [0.1, 0.15) is 0 Å². The Bertz CT molecular complexity index is 266. The molecule has 0 radical (unpaired) electrons. The molecular weight excluding hydrogens is 162 g/mol. The second-order valence-electron chi connectivity index (χ2n) is 2.12. The van der Waals surface area contributed by atoms with Crippen LogP contribution in [0.4, 0.5) is 0 Å². The van der Waals surface area contributed by atoms with E-state index in [2.05, 4.69) is 12.6 Å². The summed E-state index contributed by atoms with van der Waals surface area (Å²) in [6.45, 7) is 0. The molecule has 1 rings (SSSR count). The van der Waals surface area contributed by atoms with Crippen molar-refractivity contribution in [1.29, 1.82) is 0 Å². The summed E-state index contributed by atoms with van der Waals surface area (Å²) in [5.41, 5.74) is 0.0868. The maximum absolute atomic E-state index is 10.3. The van der Waals surface area contributed by atoms with E-state index in [1.54, 1.807) is 6.08 Å². The van der Waals surface area contributed by atoms with Gasteiger partial charge in [-0.15, -0.1) is 12.6 Å². The zero-order chi connectivity index (χ0) is 8.27. The molecule has 3 nitrogen and oxygen atoms in total. The minimum Gasteiger partial charge on any atom is -0.258 e. The molecule has 11 heavy (non-hydrogen) atoms. The van der Waals surface area contributed by atoms with E-state index in [9.17, 15) is 10.1 Å². The first-order valence-corrected chi connectivity index (χ1v) is 3.55. The van der Waals surface area contributed by atoms with Gasteiger partial charge in [0.05, 0.1) is 4.92 Å². The van der Waals surface area contributed by atoms with E-state index in [0.717, 1.165) is 0 Å². The molecule has 0 amide bonds. The van der Waals surface area contributed by atoms with Gasteiger partial charge in [-0.05, 0) is 11.3 Å². The summed E-state index contributed by atoms with van der Waals surface area (Å²) < 4.78 is 0. The van der Waals surface area contributed by atoms with E-state index in [4.69, 9.17) is 0 Å². The standard InChI is InChI=1S/C7H7NO2S/c9-8(10)6-3-1-2-4-7(11)5-6/h1-3,5,11H,4H2. The topological polar surface area (TPSA) is 43.1 Å². The lowest BCUT2D eigenvalue weighted by Gasteiger charge is -1.90. The Balaban J connectivity index is 2.93. The van der Waals surface area contributed by atoms with Gasteiger partial charge in [-0.3, -0.25) is 10.1 Å². The maximum atomic E-state index is 10.3. The zero-order valence-corrected chi connectivity index (χ0v) is 6.62. The van der Waals surface area contributed by atoms with E-state index in [1.165, 1.54) is 12.2 Å². The fourth-order valence-corrected chi connectivity index (χ4v) is 0.984. The quantitative estimate of drug-likeness (QED) is 0.370. The number of hydrogen-bond acceptors (Lipinski definition) is 3. The Kier molecular flexibility index (Phi) is 2.48. The van der Waals surface area contributed by atoms with E-state index in [-0.39, 0.29) is 5.70 Å². The van der Waals surface area contributed by atoms with Gasteiger partial charge in [-0.25, -0.2) is 0 Å². The molecule has 0 heterocycles. The summed E-state index contributed by atoms with van der Waals surface area (Å²) in [4.78, 5) is 10.6. The molecule has 0 saturated carbocycles. The normalized spacial score (nSPS) is 16.8. The number of nitro groups is 1. The number of hydrogen-bond donors (Lipinski definition) is 1. The van der Waals surface area contributed by atoms with Crippen molar-refractivity contribution in [3.8, 4) is 0 Å². The van der Waals surface area contributed by atoms with Gasteiger partial charge in [-0.1, -0.05) is 12.2 Å². The van der Waals surface area contributed by atoms with Gasteiger partial charge in [-0.2, -0.15) is 0 Å². The van der Waals surface area contributed by atoms with Crippen molar-refractivity contribution >= 4 is 12.6 Å². The highest BCUT2D eigenvalue weighted by molar-refractivity contribution is 7.84. The lowest BCUT2D eigenvalue weighted by Crippen LogP contribution is -1.94. The molecule has 0 unspecified atom stereocenters. The largest absolute Gasteiger partial charge is 0.270 e. The van der Waals surface area contributed by atoms with Crippen LogP contribution in [0.25, 0.3) is 0 Å². The second-order valence-corrected chi connectivity index (χ2v) is 2.69. The van der Waals surface area contributed by atoms with Crippen molar-refractivity contribution in [1.82, 2.24) is 0 Å². The third-order valence-corrected chi connectivity index (χ3v) is 1.57. The number of thiol groups is 1. The monoisotopic (exact) mass is 169 g/mol. The first-order chi connectivity index (χ1) is 5.20. The molecule has 4 heteroatoms. The van der Waals surface area contributed by atoms with Crippen LogP contribution in [-0.2, 0) is 0 Å². The Morgan fingerprint density at radius 1 is 1.64 bits per heavy atom. The lowest BCUT2D eigenvalue weighted by atomic mass is 10.3. The summed E-state index contributed by atoms with van der Waals surface area (Å²) in [5.74, 6) is 0. The fraction of sp³-hybridized carbons (Fsp3) is 0.143. The van der Waals surface area contributed by atoms with Gasteiger partial charge in [0, 0.05) is 12.2 Å². The van der Waals surface area contributed by atoms with Crippen molar-refractivity contribution in [2.45, 2.75) is 6.42 Å². The molecule has 58 valence electrons. The lowest BCUT2D eigenvalue weighted by molar-refractivity contribution is -0.419. The molecule has 0 aromatic carbocycles. The maximum Gasteiger partial charge on any atom is 0.270 e. The number of allylic oxidation sites excluding steroid dienone is 5. The van der Waals surface area contributed by atoms with Crippen molar-refractivity contribution in [2.75, 3.05) is 0 Å². The predicted molar refractivity (Wildman–Crippen MR) is 45.9 cm³/mol. The molecule has 0 fully saturated rings. The molecule has 0 aromatic rings. The molecule has 0 atom stereocenters. The van der Waals surface area contributed by atoms with Crippen LogP contribution in [-0.4, -0.2) is 4.92 Å². The Morgan fingerprint density at radius 3 is 3.00 bits per heavy atom. The number of nitrogens with zero attached hydrogens (tertiary/aromatic N) is 1. The van der Waals surface area contributed by atoms with Gasteiger partial charge < -0.3 is 0 Å². The smallest absolute Gasteiger partial charge is 0.258 e. The van der Waals surface area contributed by atoms with Crippen LogP contribution in [0.2, 0.25) is 0 Å². The highest BCUT2D eigenvalue weighted by atomic mass is 32.1. The fourth-order valence-electron chi connectivity index (χ4n) is 0.747. The van der Waals surface area contributed by atoms with Crippen molar-refractivity contribution in [3.05, 3.63) is 45.0 Å². The average molecular weight is 169 g/mol. The van der Waals surface area contributed by atoms with Gasteiger partial charge in [0.25, 0.3) is 5.70 Å². The third-order valence-electron chi connectivity index (χ3n) is 1.26. The molecule has 1 aliphatic rings. The first kappa shape index (κ1) is 8.07. The third kappa shape index (κ3) is 2.23. The highest BCUT2D eigenvalue weighted by Gasteiger charge is 2.07. The van der Waals surface area contributed by atoms with Crippen LogP contribution in [0.3, 0.4) is 0 Å². The minimum atomic E-state index is -0.425. The first-order valence-electron chi connectivity index (χ1n) is 3.11.